The Balaban J connectivity index is 1.37. The number of likely N-dealkylation sites (tertiary alicyclic amines) is 1. The third-order valence-corrected chi connectivity index (χ3v) is 7.94. The molecule has 0 bridgehead atoms. The Morgan fingerprint density at radius 1 is 1.16 bits per heavy atom. The second-order valence-electron chi connectivity index (χ2n) is 10.1. The zero-order valence-corrected chi connectivity index (χ0v) is 21.7. The van der Waals surface area contributed by atoms with Gasteiger partial charge in [-0.25, -0.2) is 18.9 Å². The quantitative estimate of drug-likeness (QED) is 0.617. The minimum atomic E-state index is -1.47. The van der Waals surface area contributed by atoms with Gasteiger partial charge < -0.3 is 20.3 Å². The lowest BCUT2D eigenvalue weighted by atomic mass is 9.94. The van der Waals surface area contributed by atoms with E-state index in [1.807, 2.05) is 13.8 Å². The fourth-order valence-electron chi connectivity index (χ4n) is 6.06. The van der Waals surface area contributed by atoms with E-state index in [0.29, 0.717) is 30.5 Å². The molecule has 200 valence electrons. The van der Waals surface area contributed by atoms with Crippen LogP contribution in [-0.2, 0) is 32.8 Å². The number of anilines is 1. The van der Waals surface area contributed by atoms with Crippen LogP contribution in [0, 0.1) is 5.82 Å². The van der Waals surface area contributed by atoms with Crippen LogP contribution in [0.2, 0.25) is 0 Å². The summed E-state index contributed by atoms with van der Waals surface area (Å²) in [5.41, 5.74) is 2.19. The van der Waals surface area contributed by atoms with Crippen molar-refractivity contribution in [3.63, 3.8) is 0 Å². The summed E-state index contributed by atoms with van der Waals surface area (Å²) in [6, 6.07) is 9.01. The van der Waals surface area contributed by atoms with Gasteiger partial charge in [0.1, 0.15) is 12.4 Å². The topological polar surface area (TPSA) is 108 Å². The molecule has 2 N–H and O–H groups in total. The van der Waals surface area contributed by atoms with Gasteiger partial charge in [-0.15, -0.1) is 0 Å². The summed E-state index contributed by atoms with van der Waals surface area (Å²) in [5.74, 6) is -1.23. The molecular weight excluding hydrogens is 491 g/mol. The van der Waals surface area contributed by atoms with E-state index in [1.54, 1.807) is 29.2 Å². The summed E-state index contributed by atoms with van der Waals surface area (Å²) < 4.78 is 19.5. The standard InChI is InChI=1S/C28H31FN4O5/c1-4-17-13-19(29)6-8-21(17)23-10-5-16(2)33(23)24(34)15-32-25(35)28(38-27(32)37)12-11-18-14-20(7-9-22(18)28)31-26(36)30-3/h6-9,13-14,16,23H,4-5,10-12,15H2,1-3H3,(H2,30,31,36)/t16-,23-,28?/m1/s1. The number of aryl methyl sites for hydroxylation is 2. The fraction of sp³-hybridized carbons (Fsp3) is 0.429. The number of ether oxygens (including phenoxy) is 1. The van der Waals surface area contributed by atoms with Gasteiger partial charge in [0.25, 0.3) is 5.91 Å². The Morgan fingerprint density at radius 3 is 2.68 bits per heavy atom. The number of benzene rings is 2. The third kappa shape index (κ3) is 4.17. The second-order valence-corrected chi connectivity index (χ2v) is 10.1. The molecule has 2 aromatic rings. The number of nitrogens with zero attached hydrogens (tertiary/aromatic N) is 2. The number of halogens is 1. The normalized spacial score (nSPS) is 24.1. The highest BCUT2D eigenvalue weighted by molar-refractivity contribution is 6.06. The maximum absolute atomic E-state index is 13.9. The van der Waals surface area contributed by atoms with Crippen LogP contribution in [0.4, 0.5) is 19.7 Å². The van der Waals surface area contributed by atoms with Crippen LogP contribution in [0.3, 0.4) is 0 Å². The highest BCUT2D eigenvalue weighted by Crippen LogP contribution is 2.46. The van der Waals surface area contributed by atoms with Gasteiger partial charge in [0.2, 0.25) is 11.5 Å². The molecule has 0 saturated carbocycles. The lowest BCUT2D eigenvalue weighted by Crippen LogP contribution is -2.46. The van der Waals surface area contributed by atoms with Crippen LogP contribution in [0.5, 0.6) is 0 Å². The van der Waals surface area contributed by atoms with E-state index < -0.39 is 24.1 Å². The van der Waals surface area contributed by atoms with Crippen molar-refractivity contribution in [1.29, 1.82) is 0 Å². The Hall–Kier alpha value is -3.95. The summed E-state index contributed by atoms with van der Waals surface area (Å²) >= 11 is 0. The van der Waals surface area contributed by atoms with Crippen molar-refractivity contribution in [2.75, 3.05) is 18.9 Å². The van der Waals surface area contributed by atoms with Crippen molar-refractivity contribution in [3.8, 4) is 0 Å². The number of fused-ring (bicyclic) bond motifs is 2. The van der Waals surface area contributed by atoms with Gasteiger partial charge in [0, 0.05) is 30.8 Å². The summed E-state index contributed by atoms with van der Waals surface area (Å²) in [6.45, 7) is 3.46. The Morgan fingerprint density at radius 2 is 1.95 bits per heavy atom. The largest absolute Gasteiger partial charge is 0.427 e. The first-order valence-electron chi connectivity index (χ1n) is 12.9. The Labute approximate surface area is 220 Å². The van der Waals surface area contributed by atoms with E-state index in [0.717, 1.165) is 28.0 Å². The number of rotatable bonds is 5. The first kappa shape index (κ1) is 25.7. The van der Waals surface area contributed by atoms with E-state index in [9.17, 15) is 23.6 Å². The summed E-state index contributed by atoms with van der Waals surface area (Å²) in [4.78, 5) is 54.4. The predicted molar refractivity (Wildman–Crippen MR) is 137 cm³/mol. The van der Waals surface area contributed by atoms with Crippen LogP contribution >= 0.6 is 0 Å². The molecule has 9 nitrogen and oxygen atoms in total. The number of carbonyl (C=O) groups is 4. The monoisotopic (exact) mass is 522 g/mol. The van der Waals surface area contributed by atoms with E-state index in [1.165, 1.54) is 19.2 Å². The first-order chi connectivity index (χ1) is 18.2. The van der Waals surface area contributed by atoms with Crippen molar-refractivity contribution >= 4 is 29.6 Å². The summed E-state index contributed by atoms with van der Waals surface area (Å²) in [6.07, 6.45) is 2.00. The van der Waals surface area contributed by atoms with E-state index in [4.69, 9.17) is 4.74 Å². The molecule has 2 saturated heterocycles. The van der Waals surface area contributed by atoms with E-state index >= 15 is 0 Å². The molecule has 2 fully saturated rings. The highest BCUT2D eigenvalue weighted by Gasteiger charge is 2.58. The number of urea groups is 1. The van der Waals surface area contributed by atoms with Gasteiger partial charge in [-0.2, -0.15) is 0 Å². The van der Waals surface area contributed by atoms with Crippen molar-refractivity contribution in [2.24, 2.45) is 0 Å². The van der Waals surface area contributed by atoms with Gasteiger partial charge in [-0.3, -0.25) is 9.59 Å². The van der Waals surface area contributed by atoms with Crippen molar-refractivity contribution < 1.29 is 28.3 Å². The smallest absolute Gasteiger partial charge is 0.418 e. The minimum absolute atomic E-state index is 0.0941. The number of imide groups is 1. The number of hydrogen-bond acceptors (Lipinski definition) is 5. The third-order valence-electron chi connectivity index (χ3n) is 7.94. The zero-order chi connectivity index (χ0) is 27.2. The van der Waals surface area contributed by atoms with Gasteiger partial charge in [0.15, 0.2) is 0 Å². The molecule has 1 unspecified atom stereocenters. The van der Waals surface area contributed by atoms with Crippen molar-refractivity contribution in [2.45, 2.75) is 63.6 Å². The summed E-state index contributed by atoms with van der Waals surface area (Å²) in [7, 11) is 1.51. The Bertz CT molecular complexity index is 1330. The van der Waals surface area contributed by atoms with Crippen molar-refractivity contribution in [3.05, 3.63) is 64.5 Å². The molecule has 38 heavy (non-hydrogen) atoms. The summed E-state index contributed by atoms with van der Waals surface area (Å²) in [5, 5.41) is 5.18. The van der Waals surface area contributed by atoms with Crippen LogP contribution in [0.1, 0.15) is 61.4 Å². The highest BCUT2D eigenvalue weighted by atomic mass is 19.1. The first-order valence-corrected chi connectivity index (χ1v) is 12.9. The van der Waals surface area contributed by atoms with Gasteiger partial charge in [0.05, 0.1) is 6.04 Å². The molecule has 5 amide bonds. The van der Waals surface area contributed by atoms with Gasteiger partial charge in [-0.1, -0.05) is 19.1 Å². The van der Waals surface area contributed by atoms with Gasteiger partial charge in [-0.05, 0) is 73.6 Å². The Kier molecular flexibility index (Phi) is 6.58. The lowest BCUT2D eigenvalue weighted by molar-refractivity contribution is -0.143. The number of hydrogen-bond donors (Lipinski definition) is 2. The molecule has 2 heterocycles. The number of nitrogens with one attached hydrogen (secondary N) is 2. The molecular formula is C28H31FN4O5. The minimum Gasteiger partial charge on any atom is -0.427 e. The molecule has 0 aromatic heterocycles. The van der Waals surface area contributed by atoms with Crippen LogP contribution < -0.4 is 10.6 Å². The van der Waals surface area contributed by atoms with Crippen molar-refractivity contribution in [1.82, 2.24) is 15.1 Å². The van der Waals surface area contributed by atoms with Crippen LogP contribution in [0.25, 0.3) is 0 Å². The number of carbonyl (C=O) groups excluding carboxylic acids is 4. The predicted octanol–water partition coefficient (Wildman–Crippen LogP) is 4.01. The molecule has 1 aliphatic carbocycles. The maximum Gasteiger partial charge on any atom is 0.418 e. The molecule has 2 aromatic carbocycles. The van der Waals surface area contributed by atoms with E-state index in [2.05, 4.69) is 10.6 Å². The average molecular weight is 523 g/mol. The molecule has 3 atom stereocenters. The second kappa shape index (κ2) is 9.74. The van der Waals surface area contributed by atoms with E-state index in [-0.39, 0.29) is 36.3 Å². The average Bonchev–Trinajstić information content (AvgIpc) is 3.53. The molecule has 0 radical (unpaired) electrons. The molecule has 1 spiro atoms. The van der Waals surface area contributed by atoms with Crippen LogP contribution in [-0.4, -0.2) is 53.4 Å². The van der Waals surface area contributed by atoms with Crippen LogP contribution in [0.15, 0.2) is 36.4 Å². The molecule has 10 heteroatoms. The maximum atomic E-state index is 13.9. The SMILES string of the molecule is CCc1cc(F)ccc1[C@H]1CC[C@@H](C)N1C(=O)CN1C(=O)OC2(CCc3cc(NC(=O)NC)ccc32)C1=O. The molecule has 2 aliphatic heterocycles. The lowest BCUT2D eigenvalue weighted by Gasteiger charge is -2.31. The zero-order valence-electron chi connectivity index (χ0n) is 21.7. The van der Waals surface area contributed by atoms with Gasteiger partial charge >= 0.3 is 12.1 Å². The fourth-order valence-corrected chi connectivity index (χ4v) is 6.06. The molecule has 3 aliphatic rings. The molecule has 5 rings (SSSR count). The number of amides is 5.